The highest BCUT2D eigenvalue weighted by molar-refractivity contribution is 9.10. The van der Waals surface area contributed by atoms with Crippen molar-refractivity contribution < 1.29 is 18.7 Å². The number of hydrogen-bond donors (Lipinski definition) is 1. The van der Waals surface area contributed by atoms with Crippen LogP contribution in [0, 0.1) is 0 Å². The molecule has 0 fully saturated rings. The summed E-state index contributed by atoms with van der Waals surface area (Å²) in [5.41, 5.74) is 2.18. The van der Waals surface area contributed by atoms with Gasteiger partial charge in [0.1, 0.15) is 17.3 Å². The van der Waals surface area contributed by atoms with Gasteiger partial charge in [0, 0.05) is 21.2 Å². The lowest BCUT2D eigenvalue weighted by Crippen LogP contribution is -2.24. The highest BCUT2D eigenvalue weighted by Gasteiger charge is 2.12. The monoisotopic (exact) mass is 441 g/mol. The van der Waals surface area contributed by atoms with Crippen LogP contribution in [0.25, 0.3) is 11.3 Å². The molecule has 1 N–H and O–H groups in total. The Labute approximate surface area is 171 Å². The number of benzene rings is 2. The van der Waals surface area contributed by atoms with Crippen LogP contribution >= 0.6 is 15.9 Å². The van der Waals surface area contributed by atoms with Gasteiger partial charge in [-0.15, -0.1) is 0 Å². The molecule has 0 unspecified atom stereocenters. The van der Waals surface area contributed by atoms with Gasteiger partial charge in [-0.1, -0.05) is 28.1 Å². The molecule has 144 valence electrons. The summed E-state index contributed by atoms with van der Waals surface area (Å²) < 4.78 is 12.1. The fraction of sp³-hybridized carbons (Fsp3) is 0.182. The number of ketones is 1. The van der Waals surface area contributed by atoms with Gasteiger partial charge in [-0.3, -0.25) is 9.59 Å². The first-order valence-corrected chi connectivity index (χ1v) is 9.55. The SMILES string of the molecule is COc1ccc(C(C)=O)cc1CC(=O)NCc1ccc(-c2ccc(Br)cc2)o1. The second kappa shape index (κ2) is 8.89. The van der Waals surface area contributed by atoms with E-state index in [1.165, 1.54) is 14.0 Å². The Morgan fingerprint density at radius 1 is 1.07 bits per heavy atom. The van der Waals surface area contributed by atoms with Crippen LogP contribution in [0.1, 0.15) is 28.6 Å². The number of carbonyl (C=O) groups is 2. The van der Waals surface area contributed by atoms with Gasteiger partial charge in [0.15, 0.2) is 5.78 Å². The van der Waals surface area contributed by atoms with Crippen molar-refractivity contribution >= 4 is 27.6 Å². The first kappa shape index (κ1) is 19.9. The van der Waals surface area contributed by atoms with Crippen molar-refractivity contribution in [2.24, 2.45) is 0 Å². The molecular formula is C22H20BrNO4. The van der Waals surface area contributed by atoms with Gasteiger partial charge in [0.25, 0.3) is 0 Å². The zero-order chi connectivity index (χ0) is 20.1. The van der Waals surface area contributed by atoms with Gasteiger partial charge >= 0.3 is 0 Å². The molecule has 1 amide bonds. The number of Topliss-reactive ketones (excluding diaryl/α,β-unsaturated/α-hetero) is 1. The highest BCUT2D eigenvalue weighted by atomic mass is 79.9. The summed E-state index contributed by atoms with van der Waals surface area (Å²) in [6.45, 7) is 1.77. The van der Waals surface area contributed by atoms with E-state index in [-0.39, 0.29) is 24.7 Å². The molecule has 0 saturated carbocycles. The lowest BCUT2D eigenvalue weighted by atomic mass is 10.0. The number of methoxy groups -OCH3 is 1. The van der Waals surface area contributed by atoms with Gasteiger partial charge in [0.05, 0.1) is 20.1 Å². The first-order valence-electron chi connectivity index (χ1n) is 8.75. The van der Waals surface area contributed by atoms with Crippen LogP contribution in [0.15, 0.2) is 63.5 Å². The zero-order valence-electron chi connectivity index (χ0n) is 15.6. The summed E-state index contributed by atoms with van der Waals surface area (Å²) in [7, 11) is 1.54. The van der Waals surface area contributed by atoms with Crippen LogP contribution in [0.2, 0.25) is 0 Å². The van der Waals surface area contributed by atoms with Crippen LogP contribution in [0.3, 0.4) is 0 Å². The Morgan fingerprint density at radius 2 is 1.82 bits per heavy atom. The van der Waals surface area contributed by atoms with Crippen molar-refractivity contribution in [3.8, 4) is 17.1 Å². The minimum Gasteiger partial charge on any atom is -0.496 e. The van der Waals surface area contributed by atoms with Crippen molar-refractivity contribution in [1.82, 2.24) is 5.32 Å². The van der Waals surface area contributed by atoms with Crippen LogP contribution < -0.4 is 10.1 Å². The van der Waals surface area contributed by atoms with Crippen molar-refractivity contribution in [1.29, 1.82) is 0 Å². The van der Waals surface area contributed by atoms with E-state index in [4.69, 9.17) is 9.15 Å². The maximum Gasteiger partial charge on any atom is 0.224 e. The minimum atomic E-state index is -0.180. The van der Waals surface area contributed by atoms with Crippen LogP contribution in [-0.4, -0.2) is 18.8 Å². The Morgan fingerprint density at radius 3 is 2.50 bits per heavy atom. The number of carbonyl (C=O) groups excluding carboxylic acids is 2. The third kappa shape index (κ3) is 4.89. The molecule has 0 bridgehead atoms. The predicted molar refractivity (Wildman–Crippen MR) is 110 cm³/mol. The van der Waals surface area contributed by atoms with Crippen molar-refractivity contribution in [3.05, 3.63) is 76.0 Å². The molecule has 0 aliphatic heterocycles. The van der Waals surface area contributed by atoms with E-state index in [0.29, 0.717) is 22.6 Å². The van der Waals surface area contributed by atoms with Crippen molar-refractivity contribution in [3.63, 3.8) is 0 Å². The maximum atomic E-state index is 12.4. The quantitative estimate of drug-likeness (QED) is 0.535. The van der Waals surface area contributed by atoms with Crippen molar-refractivity contribution in [2.75, 3.05) is 7.11 Å². The third-order valence-corrected chi connectivity index (χ3v) is 4.82. The smallest absolute Gasteiger partial charge is 0.224 e. The van der Waals surface area contributed by atoms with Gasteiger partial charge in [0.2, 0.25) is 5.91 Å². The normalized spacial score (nSPS) is 10.5. The van der Waals surface area contributed by atoms with Crippen LogP contribution in [0.5, 0.6) is 5.75 Å². The van der Waals surface area contributed by atoms with E-state index in [0.717, 1.165) is 15.8 Å². The molecule has 3 aromatic rings. The van der Waals surface area contributed by atoms with Crippen molar-refractivity contribution in [2.45, 2.75) is 19.9 Å². The topological polar surface area (TPSA) is 68.5 Å². The predicted octanol–water partition coefficient (Wildman–Crippen LogP) is 4.78. The number of halogens is 1. The largest absolute Gasteiger partial charge is 0.496 e. The molecule has 1 aromatic heterocycles. The standard InChI is InChI=1S/C22H20BrNO4/c1-14(25)16-5-9-20(27-2)17(11-16)12-22(26)24-13-19-8-10-21(28-19)15-3-6-18(23)7-4-15/h3-11H,12-13H2,1-2H3,(H,24,26). The number of amides is 1. The van der Waals surface area contributed by atoms with Gasteiger partial charge in [-0.2, -0.15) is 0 Å². The molecule has 6 heteroatoms. The van der Waals surface area contributed by atoms with E-state index < -0.39 is 0 Å². The van der Waals surface area contributed by atoms with Gasteiger partial charge < -0.3 is 14.5 Å². The van der Waals surface area contributed by atoms with E-state index in [1.807, 2.05) is 36.4 Å². The average Bonchev–Trinajstić information content (AvgIpc) is 3.16. The number of nitrogens with one attached hydrogen (secondary N) is 1. The molecule has 0 aliphatic rings. The average molecular weight is 442 g/mol. The molecular weight excluding hydrogens is 422 g/mol. The van der Waals surface area contributed by atoms with Gasteiger partial charge in [-0.25, -0.2) is 0 Å². The fourth-order valence-corrected chi connectivity index (χ4v) is 3.06. The summed E-state index contributed by atoms with van der Waals surface area (Å²) in [4.78, 5) is 23.9. The molecule has 0 saturated heterocycles. The minimum absolute atomic E-state index is 0.0552. The second-order valence-electron chi connectivity index (χ2n) is 6.31. The highest BCUT2D eigenvalue weighted by Crippen LogP contribution is 2.24. The fourth-order valence-electron chi connectivity index (χ4n) is 2.80. The number of furan rings is 1. The Balaban J connectivity index is 1.63. The van der Waals surface area contributed by atoms with E-state index in [1.54, 1.807) is 18.2 Å². The van der Waals surface area contributed by atoms with E-state index in [9.17, 15) is 9.59 Å². The maximum absolute atomic E-state index is 12.4. The summed E-state index contributed by atoms with van der Waals surface area (Å²) in [6, 6.07) is 16.6. The molecule has 5 nitrogen and oxygen atoms in total. The molecule has 0 aliphatic carbocycles. The first-order chi connectivity index (χ1) is 13.5. The summed E-state index contributed by atoms with van der Waals surface area (Å²) in [6.07, 6.45) is 0.116. The third-order valence-electron chi connectivity index (χ3n) is 4.29. The van der Waals surface area contributed by atoms with E-state index in [2.05, 4.69) is 21.2 Å². The van der Waals surface area contributed by atoms with Crippen LogP contribution in [-0.2, 0) is 17.8 Å². The molecule has 0 spiro atoms. The molecule has 2 aromatic carbocycles. The zero-order valence-corrected chi connectivity index (χ0v) is 17.2. The summed E-state index contributed by atoms with van der Waals surface area (Å²) >= 11 is 3.41. The van der Waals surface area contributed by atoms with Gasteiger partial charge in [-0.05, 0) is 49.4 Å². The lowest BCUT2D eigenvalue weighted by molar-refractivity contribution is -0.120. The molecule has 0 atom stereocenters. The molecule has 0 radical (unpaired) electrons. The second-order valence-corrected chi connectivity index (χ2v) is 7.22. The molecule has 3 rings (SSSR count). The van der Waals surface area contributed by atoms with Crippen LogP contribution in [0.4, 0.5) is 0 Å². The lowest BCUT2D eigenvalue weighted by Gasteiger charge is -2.10. The number of ether oxygens (including phenoxy) is 1. The molecule has 28 heavy (non-hydrogen) atoms. The Hall–Kier alpha value is -2.86. The Kier molecular flexibility index (Phi) is 6.31. The van der Waals surface area contributed by atoms with E-state index >= 15 is 0 Å². The number of hydrogen-bond acceptors (Lipinski definition) is 4. The molecule has 1 heterocycles. The number of rotatable bonds is 7. The summed E-state index contributed by atoms with van der Waals surface area (Å²) in [5.74, 6) is 1.75. The summed E-state index contributed by atoms with van der Waals surface area (Å²) in [5, 5.41) is 2.84. The Bertz CT molecular complexity index is 992.